The van der Waals surface area contributed by atoms with Gasteiger partial charge >= 0.3 is 6.03 Å². The van der Waals surface area contributed by atoms with Gasteiger partial charge in [0.25, 0.3) is 0 Å². The number of urea groups is 1. The summed E-state index contributed by atoms with van der Waals surface area (Å²) in [4.78, 5) is 10.7. The van der Waals surface area contributed by atoms with E-state index < -0.39 is 0 Å². The van der Waals surface area contributed by atoms with Gasteiger partial charge in [-0.25, -0.2) is 4.79 Å². The minimum atomic E-state index is -0.232. The van der Waals surface area contributed by atoms with Crippen molar-refractivity contribution in [2.45, 2.75) is 13.5 Å². The van der Waals surface area contributed by atoms with Crippen molar-refractivity contribution in [1.29, 1.82) is 0 Å². The van der Waals surface area contributed by atoms with Gasteiger partial charge in [-0.05, 0) is 6.92 Å². The zero-order valence-corrected chi connectivity index (χ0v) is 7.05. The van der Waals surface area contributed by atoms with E-state index in [1.54, 1.807) is 13.1 Å². The third-order valence-corrected chi connectivity index (χ3v) is 1.33. The van der Waals surface area contributed by atoms with Crippen molar-refractivity contribution in [3.8, 4) is 0 Å². The molecule has 0 aliphatic rings. The number of rotatable bonds is 2. The van der Waals surface area contributed by atoms with E-state index in [1.807, 2.05) is 6.92 Å². The molecule has 0 spiro atoms. The first-order chi connectivity index (χ1) is 5.72. The molecule has 5 nitrogen and oxygen atoms in total. The summed E-state index contributed by atoms with van der Waals surface area (Å²) >= 11 is 0. The molecule has 0 saturated heterocycles. The number of amides is 2. The molecule has 1 heterocycles. The lowest BCUT2D eigenvalue weighted by atomic mass is 10.4. The van der Waals surface area contributed by atoms with Crippen LogP contribution in [-0.4, -0.2) is 18.2 Å². The summed E-state index contributed by atoms with van der Waals surface area (Å²) in [7, 11) is 1.56. The average molecular weight is 169 g/mol. The summed E-state index contributed by atoms with van der Waals surface area (Å²) in [6, 6.07) is 1.54. The van der Waals surface area contributed by atoms with E-state index in [1.165, 1.54) is 0 Å². The van der Waals surface area contributed by atoms with E-state index in [-0.39, 0.29) is 6.03 Å². The SMILES string of the molecule is CNC(=O)NCc1cc(C)no1. The van der Waals surface area contributed by atoms with Crippen molar-refractivity contribution < 1.29 is 9.32 Å². The van der Waals surface area contributed by atoms with E-state index in [2.05, 4.69) is 15.8 Å². The van der Waals surface area contributed by atoms with Crippen LogP contribution in [-0.2, 0) is 6.54 Å². The summed E-state index contributed by atoms with van der Waals surface area (Å²) < 4.78 is 4.87. The fourth-order valence-corrected chi connectivity index (χ4v) is 0.755. The van der Waals surface area contributed by atoms with Crippen molar-refractivity contribution in [2.75, 3.05) is 7.05 Å². The topological polar surface area (TPSA) is 67.2 Å². The zero-order chi connectivity index (χ0) is 8.97. The maximum atomic E-state index is 10.7. The second-order valence-corrected chi connectivity index (χ2v) is 2.37. The van der Waals surface area contributed by atoms with E-state index in [0.29, 0.717) is 12.3 Å². The fraction of sp³-hybridized carbons (Fsp3) is 0.429. The summed E-state index contributed by atoms with van der Waals surface area (Å²) in [6.45, 7) is 2.19. The zero-order valence-electron chi connectivity index (χ0n) is 7.05. The highest BCUT2D eigenvalue weighted by Gasteiger charge is 2.01. The molecule has 0 bridgehead atoms. The third kappa shape index (κ3) is 2.26. The first-order valence-electron chi connectivity index (χ1n) is 3.60. The minimum absolute atomic E-state index is 0.232. The van der Waals surface area contributed by atoms with E-state index in [9.17, 15) is 4.79 Å². The van der Waals surface area contributed by atoms with Gasteiger partial charge in [-0.2, -0.15) is 0 Å². The van der Waals surface area contributed by atoms with E-state index in [0.717, 1.165) is 5.69 Å². The van der Waals surface area contributed by atoms with Gasteiger partial charge in [0.1, 0.15) is 0 Å². The van der Waals surface area contributed by atoms with Crippen molar-refractivity contribution in [2.24, 2.45) is 0 Å². The highest BCUT2D eigenvalue weighted by atomic mass is 16.5. The number of hydrogen-bond acceptors (Lipinski definition) is 3. The van der Waals surface area contributed by atoms with Gasteiger partial charge in [-0.15, -0.1) is 0 Å². The standard InChI is InChI=1S/C7H11N3O2/c1-5-3-6(12-10-5)4-9-7(11)8-2/h3H,4H2,1-2H3,(H2,8,9,11). The van der Waals surface area contributed by atoms with Crippen LogP contribution in [0.5, 0.6) is 0 Å². The lowest BCUT2D eigenvalue weighted by molar-refractivity contribution is 0.241. The number of nitrogens with one attached hydrogen (secondary N) is 2. The van der Waals surface area contributed by atoms with Gasteiger partial charge in [0.2, 0.25) is 0 Å². The highest BCUT2D eigenvalue weighted by Crippen LogP contribution is 2.00. The molecule has 12 heavy (non-hydrogen) atoms. The summed E-state index contributed by atoms with van der Waals surface area (Å²) in [5, 5.41) is 8.68. The lowest BCUT2D eigenvalue weighted by Gasteiger charge is -1.99. The Balaban J connectivity index is 2.38. The molecule has 1 rings (SSSR count). The molecule has 0 aliphatic carbocycles. The first-order valence-corrected chi connectivity index (χ1v) is 3.60. The molecule has 0 atom stereocenters. The van der Waals surface area contributed by atoms with Crippen molar-refractivity contribution in [1.82, 2.24) is 15.8 Å². The number of aryl methyl sites for hydroxylation is 1. The van der Waals surface area contributed by atoms with Crippen molar-refractivity contribution >= 4 is 6.03 Å². The van der Waals surface area contributed by atoms with Crippen LogP contribution in [0.2, 0.25) is 0 Å². The average Bonchev–Trinajstić information content (AvgIpc) is 2.47. The van der Waals surface area contributed by atoms with Crippen LogP contribution in [0.4, 0.5) is 4.79 Å². The molecule has 0 aliphatic heterocycles. The minimum Gasteiger partial charge on any atom is -0.359 e. The number of aromatic nitrogens is 1. The van der Waals surface area contributed by atoms with Gasteiger partial charge in [-0.1, -0.05) is 5.16 Å². The molecular formula is C7H11N3O2. The Hall–Kier alpha value is -1.52. The largest absolute Gasteiger partial charge is 0.359 e. The maximum absolute atomic E-state index is 10.7. The Morgan fingerprint density at radius 1 is 1.75 bits per heavy atom. The molecule has 1 aromatic heterocycles. The summed E-state index contributed by atoms with van der Waals surface area (Å²) in [6.07, 6.45) is 0. The van der Waals surface area contributed by atoms with Gasteiger partial charge in [0, 0.05) is 13.1 Å². The normalized spacial score (nSPS) is 9.50. The molecule has 5 heteroatoms. The fourth-order valence-electron chi connectivity index (χ4n) is 0.755. The number of carbonyl (C=O) groups is 1. The molecule has 2 amide bonds. The molecule has 2 N–H and O–H groups in total. The van der Waals surface area contributed by atoms with Crippen LogP contribution in [0.25, 0.3) is 0 Å². The van der Waals surface area contributed by atoms with Crippen LogP contribution >= 0.6 is 0 Å². The van der Waals surface area contributed by atoms with Crippen LogP contribution in [0.1, 0.15) is 11.5 Å². The lowest BCUT2D eigenvalue weighted by Crippen LogP contribution is -2.31. The quantitative estimate of drug-likeness (QED) is 0.673. The number of nitrogens with zero attached hydrogens (tertiary/aromatic N) is 1. The number of hydrogen-bond donors (Lipinski definition) is 2. The number of carbonyl (C=O) groups excluding carboxylic acids is 1. The smallest absolute Gasteiger partial charge is 0.314 e. The summed E-state index contributed by atoms with van der Waals surface area (Å²) in [5.41, 5.74) is 0.809. The Bertz CT molecular complexity index is 269. The summed E-state index contributed by atoms with van der Waals surface area (Å²) in [5.74, 6) is 0.649. The predicted octanol–water partition coefficient (Wildman–Crippen LogP) is 0.412. The molecule has 66 valence electrons. The van der Waals surface area contributed by atoms with Crippen LogP contribution in [0.15, 0.2) is 10.6 Å². The Morgan fingerprint density at radius 2 is 2.50 bits per heavy atom. The molecule has 0 saturated carbocycles. The Morgan fingerprint density at radius 3 is 3.00 bits per heavy atom. The van der Waals surface area contributed by atoms with Gasteiger partial charge in [0.15, 0.2) is 5.76 Å². The monoisotopic (exact) mass is 169 g/mol. The van der Waals surface area contributed by atoms with Crippen molar-refractivity contribution in [3.05, 3.63) is 17.5 Å². The highest BCUT2D eigenvalue weighted by molar-refractivity contribution is 5.73. The molecule has 0 fully saturated rings. The third-order valence-electron chi connectivity index (χ3n) is 1.33. The van der Waals surface area contributed by atoms with Gasteiger partial charge < -0.3 is 15.2 Å². The Kier molecular flexibility index (Phi) is 2.68. The molecule has 0 radical (unpaired) electrons. The van der Waals surface area contributed by atoms with Crippen LogP contribution in [0, 0.1) is 6.92 Å². The second-order valence-electron chi connectivity index (χ2n) is 2.37. The van der Waals surface area contributed by atoms with E-state index >= 15 is 0 Å². The Labute approximate surface area is 70.1 Å². The van der Waals surface area contributed by atoms with Gasteiger partial charge in [0.05, 0.1) is 12.2 Å². The predicted molar refractivity (Wildman–Crippen MR) is 42.5 cm³/mol. The van der Waals surface area contributed by atoms with E-state index in [4.69, 9.17) is 4.52 Å². The maximum Gasteiger partial charge on any atom is 0.314 e. The molecule has 0 unspecified atom stereocenters. The van der Waals surface area contributed by atoms with Crippen LogP contribution in [0.3, 0.4) is 0 Å². The molecule has 0 aromatic carbocycles. The molecular weight excluding hydrogens is 158 g/mol. The first kappa shape index (κ1) is 8.58. The molecule has 1 aromatic rings. The van der Waals surface area contributed by atoms with Crippen molar-refractivity contribution in [3.63, 3.8) is 0 Å². The van der Waals surface area contributed by atoms with Crippen LogP contribution < -0.4 is 10.6 Å². The van der Waals surface area contributed by atoms with Gasteiger partial charge in [-0.3, -0.25) is 0 Å². The second kappa shape index (κ2) is 3.75.